The third kappa shape index (κ3) is 5.54. The molecule has 0 atom stereocenters. The van der Waals surface area contributed by atoms with Gasteiger partial charge in [0.15, 0.2) is 0 Å². The molecule has 3 rings (SSSR count). The quantitative estimate of drug-likeness (QED) is 0.621. The number of amides is 1. The Balaban J connectivity index is 1.51. The second kappa shape index (κ2) is 9.31. The summed E-state index contributed by atoms with van der Waals surface area (Å²) in [6.07, 6.45) is 2.11. The maximum atomic E-state index is 13.6. The Kier molecular flexibility index (Phi) is 6.57. The molecule has 2 aromatic heterocycles. The van der Waals surface area contributed by atoms with Gasteiger partial charge >= 0.3 is 0 Å². The summed E-state index contributed by atoms with van der Waals surface area (Å²) in [5.74, 6) is 0.504. The van der Waals surface area contributed by atoms with Crippen molar-refractivity contribution in [3.63, 3.8) is 0 Å². The van der Waals surface area contributed by atoms with Crippen molar-refractivity contribution in [1.29, 1.82) is 0 Å². The van der Waals surface area contributed by atoms with Gasteiger partial charge in [-0.05, 0) is 41.6 Å². The third-order valence-electron chi connectivity index (χ3n) is 3.96. The van der Waals surface area contributed by atoms with Crippen LogP contribution in [0.2, 0.25) is 0 Å². The summed E-state index contributed by atoms with van der Waals surface area (Å²) in [7, 11) is 0. The molecule has 0 fully saturated rings. The van der Waals surface area contributed by atoms with Gasteiger partial charge in [-0.3, -0.25) is 9.69 Å². The first-order chi connectivity index (χ1) is 12.7. The standard InChI is InChI=1S/C20H21FN2O2S/c21-19-8-2-1-5-16(19)9-10-22-20(24)15-23(13-17-6-3-11-25-17)14-18-7-4-12-26-18/h1-8,11-12H,9-10,13-15H2,(H,22,24). The largest absolute Gasteiger partial charge is 0.468 e. The number of halogens is 1. The molecule has 2 heterocycles. The van der Waals surface area contributed by atoms with Crippen molar-refractivity contribution in [2.24, 2.45) is 0 Å². The molecule has 0 unspecified atom stereocenters. The Morgan fingerprint density at radius 3 is 2.73 bits per heavy atom. The van der Waals surface area contributed by atoms with E-state index in [9.17, 15) is 9.18 Å². The van der Waals surface area contributed by atoms with E-state index in [0.29, 0.717) is 31.6 Å². The highest BCUT2D eigenvalue weighted by Crippen LogP contribution is 2.14. The van der Waals surface area contributed by atoms with Crippen molar-refractivity contribution in [3.8, 4) is 0 Å². The predicted molar refractivity (Wildman–Crippen MR) is 100 cm³/mol. The van der Waals surface area contributed by atoms with E-state index >= 15 is 0 Å². The first-order valence-corrected chi connectivity index (χ1v) is 9.36. The number of carbonyl (C=O) groups excluding carboxylic acids is 1. The van der Waals surface area contributed by atoms with Crippen LogP contribution in [0.1, 0.15) is 16.2 Å². The molecule has 0 bridgehead atoms. The van der Waals surface area contributed by atoms with Gasteiger partial charge in [-0.2, -0.15) is 0 Å². The van der Waals surface area contributed by atoms with Gasteiger partial charge in [0, 0.05) is 18.0 Å². The Bertz CT molecular complexity index is 767. The van der Waals surface area contributed by atoms with Crippen LogP contribution in [-0.2, 0) is 24.3 Å². The first-order valence-electron chi connectivity index (χ1n) is 8.48. The molecule has 0 aliphatic carbocycles. The van der Waals surface area contributed by atoms with Gasteiger partial charge in [-0.15, -0.1) is 11.3 Å². The van der Waals surface area contributed by atoms with E-state index < -0.39 is 0 Å². The summed E-state index contributed by atoms with van der Waals surface area (Å²) >= 11 is 1.66. The summed E-state index contributed by atoms with van der Waals surface area (Å²) in [5, 5.41) is 4.90. The van der Waals surface area contributed by atoms with Crippen LogP contribution >= 0.6 is 11.3 Å². The minimum absolute atomic E-state index is 0.0792. The molecule has 1 N–H and O–H groups in total. The average molecular weight is 372 g/mol. The van der Waals surface area contributed by atoms with Gasteiger partial charge in [0.25, 0.3) is 0 Å². The lowest BCUT2D eigenvalue weighted by molar-refractivity contribution is -0.122. The normalized spacial score (nSPS) is 11.0. The molecule has 0 saturated carbocycles. The lowest BCUT2D eigenvalue weighted by Gasteiger charge is -2.20. The summed E-state index contributed by atoms with van der Waals surface area (Å²) in [6, 6.07) is 14.4. The van der Waals surface area contributed by atoms with Crippen LogP contribution in [-0.4, -0.2) is 23.9 Å². The maximum absolute atomic E-state index is 13.6. The highest BCUT2D eigenvalue weighted by Gasteiger charge is 2.14. The monoisotopic (exact) mass is 372 g/mol. The van der Waals surface area contributed by atoms with Crippen molar-refractivity contribution in [2.45, 2.75) is 19.5 Å². The smallest absolute Gasteiger partial charge is 0.234 e. The molecule has 0 aliphatic rings. The predicted octanol–water partition coefficient (Wildman–Crippen LogP) is 3.84. The number of hydrogen-bond acceptors (Lipinski definition) is 4. The Hall–Kier alpha value is -2.44. The average Bonchev–Trinajstić information content (AvgIpc) is 3.30. The number of furan rings is 1. The van der Waals surface area contributed by atoms with Crippen LogP contribution in [0.25, 0.3) is 0 Å². The molecule has 6 heteroatoms. The number of nitrogens with one attached hydrogen (secondary N) is 1. The second-order valence-electron chi connectivity index (χ2n) is 6.00. The minimum Gasteiger partial charge on any atom is -0.468 e. The molecule has 4 nitrogen and oxygen atoms in total. The number of nitrogens with zero attached hydrogens (tertiary/aromatic N) is 1. The molecule has 0 aliphatic heterocycles. The van der Waals surface area contributed by atoms with E-state index in [2.05, 4.69) is 11.4 Å². The molecule has 3 aromatic rings. The molecule has 1 amide bonds. The van der Waals surface area contributed by atoms with Crippen molar-refractivity contribution in [3.05, 3.63) is 82.2 Å². The second-order valence-corrected chi connectivity index (χ2v) is 7.03. The van der Waals surface area contributed by atoms with Gasteiger partial charge in [-0.25, -0.2) is 4.39 Å². The van der Waals surface area contributed by atoms with Crippen LogP contribution in [0.3, 0.4) is 0 Å². The van der Waals surface area contributed by atoms with Gasteiger partial charge in [0.1, 0.15) is 11.6 Å². The van der Waals surface area contributed by atoms with E-state index in [1.807, 2.05) is 28.5 Å². The minimum atomic E-state index is -0.237. The van der Waals surface area contributed by atoms with E-state index in [1.165, 1.54) is 10.9 Å². The third-order valence-corrected chi connectivity index (χ3v) is 4.82. The maximum Gasteiger partial charge on any atom is 0.234 e. The summed E-state index contributed by atoms with van der Waals surface area (Å²) in [5.41, 5.74) is 0.610. The Labute approximate surface area is 156 Å². The molecular weight excluding hydrogens is 351 g/mol. The zero-order chi connectivity index (χ0) is 18.2. The highest BCUT2D eigenvalue weighted by atomic mass is 32.1. The number of hydrogen-bond donors (Lipinski definition) is 1. The van der Waals surface area contributed by atoms with E-state index in [1.54, 1.807) is 35.8 Å². The fraction of sp³-hybridized carbons (Fsp3) is 0.250. The summed E-state index contributed by atoms with van der Waals surface area (Å²) in [6.45, 7) is 1.91. The lowest BCUT2D eigenvalue weighted by atomic mass is 10.1. The van der Waals surface area contributed by atoms with Crippen molar-refractivity contribution in [1.82, 2.24) is 10.2 Å². The highest BCUT2D eigenvalue weighted by molar-refractivity contribution is 7.09. The van der Waals surface area contributed by atoms with Crippen molar-refractivity contribution < 1.29 is 13.6 Å². The van der Waals surface area contributed by atoms with Gasteiger partial charge in [-0.1, -0.05) is 24.3 Å². The van der Waals surface area contributed by atoms with Gasteiger partial charge in [0.05, 0.1) is 19.4 Å². The van der Waals surface area contributed by atoms with Crippen molar-refractivity contribution in [2.75, 3.05) is 13.1 Å². The number of carbonyl (C=O) groups is 1. The van der Waals surface area contributed by atoms with Crippen LogP contribution in [0, 0.1) is 5.82 Å². The molecule has 0 spiro atoms. The molecule has 1 aromatic carbocycles. The molecule has 0 saturated heterocycles. The van der Waals surface area contributed by atoms with Crippen LogP contribution in [0.5, 0.6) is 0 Å². The molecule has 136 valence electrons. The van der Waals surface area contributed by atoms with E-state index in [-0.39, 0.29) is 18.3 Å². The van der Waals surface area contributed by atoms with Crippen molar-refractivity contribution >= 4 is 17.2 Å². The number of rotatable bonds is 9. The SMILES string of the molecule is O=C(CN(Cc1ccco1)Cc1cccs1)NCCc1ccccc1F. The van der Waals surface area contributed by atoms with E-state index in [0.717, 1.165) is 5.76 Å². The molecular formula is C20H21FN2O2S. The number of thiophene rings is 1. The molecule has 26 heavy (non-hydrogen) atoms. The Morgan fingerprint density at radius 2 is 2.00 bits per heavy atom. The van der Waals surface area contributed by atoms with E-state index in [4.69, 9.17) is 4.42 Å². The van der Waals surface area contributed by atoms with Crippen LogP contribution in [0.4, 0.5) is 4.39 Å². The topological polar surface area (TPSA) is 45.5 Å². The Morgan fingerprint density at radius 1 is 1.12 bits per heavy atom. The molecule has 0 radical (unpaired) electrons. The first kappa shape index (κ1) is 18.4. The zero-order valence-electron chi connectivity index (χ0n) is 14.4. The fourth-order valence-corrected chi connectivity index (χ4v) is 3.46. The number of benzene rings is 1. The van der Waals surface area contributed by atoms with Crippen LogP contribution in [0.15, 0.2) is 64.6 Å². The summed E-state index contributed by atoms with van der Waals surface area (Å²) < 4.78 is 19.0. The van der Waals surface area contributed by atoms with Gasteiger partial charge in [0.2, 0.25) is 5.91 Å². The fourth-order valence-electron chi connectivity index (χ4n) is 2.71. The zero-order valence-corrected chi connectivity index (χ0v) is 15.2. The lowest BCUT2D eigenvalue weighted by Crippen LogP contribution is -2.37. The van der Waals surface area contributed by atoms with Crippen LogP contribution < -0.4 is 5.32 Å². The summed E-state index contributed by atoms with van der Waals surface area (Å²) in [4.78, 5) is 15.5. The van der Waals surface area contributed by atoms with Gasteiger partial charge < -0.3 is 9.73 Å².